The van der Waals surface area contributed by atoms with Crippen molar-refractivity contribution in [3.63, 3.8) is 0 Å². The molecule has 0 heterocycles. The molecule has 0 saturated heterocycles. The fraction of sp³-hybridized carbons (Fsp3) is 0.240. The molecule has 0 atom stereocenters. The van der Waals surface area contributed by atoms with E-state index in [-0.39, 0.29) is 5.91 Å². The molecule has 0 bridgehead atoms. The Morgan fingerprint density at radius 1 is 0.733 bits per heavy atom. The second kappa shape index (κ2) is 10.9. The number of ether oxygens (including phenoxy) is 3. The van der Waals surface area contributed by atoms with Gasteiger partial charge in [-0.15, -0.1) is 0 Å². The standard InChI is InChI=1S/C25H27NO4/c1-19(2)18-30-24-12-8-20(9-13-24)25(27)26-21-10-14-23(15-11-21)29-17-16-28-22-6-4-3-5-7-22/h3-15,19H,16-18H2,1-2H3,(H,26,27). The molecular formula is C25H27NO4. The van der Waals surface area contributed by atoms with Crippen LogP contribution in [0.25, 0.3) is 0 Å². The molecule has 0 aliphatic heterocycles. The highest BCUT2D eigenvalue weighted by atomic mass is 16.5. The molecule has 0 aliphatic rings. The Morgan fingerprint density at radius 3 is 1.87 bits per heavy atom. The minimum Gasteiger partial charge on any atom is -0.493 e. The third-order valence-corrected chi connectivity index (χ3v) is 4.18. The van der Waals surface area contributed by atoms with E-state index in [1.807, 2.05) is 66.7 Å². The average Bonchev–Trinajstić information content (AvgIpc) is 2.77. The van der Waals surface area contributed by atoms with Gasteiger partial charge in [-0.25, -0.2) is 0 Å². The summed E-state index contributed by atoms with van der Waals surface area (Å²) < 4.78 is 16.9. The van der Waals surface area contributed by atoms with Gasteiger partial charge in [0.2, 0.25) is 0 Å². The zero-order valence-electron chi connectivity index (χ0n) is 17.3. The summed E-state index contributed by atoms with van der Waals surface area (Å²) in [5.41, 5.74) is 1.28. The van der Waals surface area contributed by atoms with E-state index in [4.69, 9.17) is 14.2 Å². The Labute approximate surface area is 177 Å². The van der Waals surface area contributed by atoms with Crippen LogP contribution in [0.5, 0.6) is 17.2 Å². The first-order valence-electron chi connectivity index (χ1n) is 10.0. The molecule has 0 fully saturated rings. The molecule has 5 heteroatoms. The van der Waals surface area contributed by atoms with Crippen LogP contribution < -0.4 is 19.5 Å². The fourth-order valence-electron chi connectivity index (χ4n) is 2.64. The SMILES string of the molecule is CC(C)COc1ccc(C(=O)Nc2ccc(OCCOc3ccccc3)cc2)cc1. The number of carbonyl (C=O) groups excluding carboxylic acids is 1. The average molecular weight is 405 g/mol. The zero-order valence-corrected chi connectivity index (χ0v) is 17.3. The van der Waals surface area contributed by atoms with Crippen molar-refractivity contribution in [2.75, 3.05) is 25.1 Å². The van der Waals surface area contributed by atoms with Crippen molar-refractivity contribution in [3.8, 4) is 17.2 Å². The number of amides is 1. The lowest BCUT2D eigenvalue weighted by molar-refractivity contribution is 0.102. The number of nitrogens with one attached hydrogen (secondary N) is 1. The van der Waals surface area contributed by atoms with Crippen LogP contribution in [-0.2, 0) is 0 Å². The molecule has 30 heavy (non-hydrogen) atoms. The van der Waals surface area contributed by atoms with Gasteiger partial charge in [-0.2, -0.15) is 0 Å². The van der Waals surface area contributed by atoms with E-state index in [0.29, 0.717) is 37.0 Å². The minimum absolute atomic E-state index is 0.171. The number of carbonyl (C=O) groups is 1. The van der Waals surface area contributed by atoms with E-state index in [0.717, 1.165) is 17.2 Å². The summed E-state index contributed by atoms with van der Waals surface area (Å²) in [7, 11) is 0. The maximum atomic E-state index is 12.4. The van der Waals surface area contributed by atoms with E-state index < -0.39 is 0 Å². The highest BCUT2D eigenvalue weighted by Crippen LogP contribution is 2.18. The lowest BCUT2D eigenvalue weighted by Crippen LogP contribution is -2.12. The molecule has 0 spiro atoms. The van der Waals surface area contributed by atoms with Gasteiger partial charge in [-0.05, 0) is 66.6 Å². The van der Waals surface area contributed by atoms with E-state index in [9.17, 15) is 4.79 Å². The van der Waals surface area contributed by atoms with Crippen LogP contribution in [0.15, 0.2) is 78.9 Å². The van der Waals surface area contributed by atoms with Crippen LogP contribution in [0, 0.1) is 5.92 Å². The predicted octanol–water partition coefficient (Wildman–Crippen LogP) is 5.43. The summed E-state index contributed by atoms with van der Waals surface area (Å²) in [6.07, 6.45) is 0. The number of rotatable bonds is 10. The summed E-state index contributed by atoms with van der Waals surface area (Å²) >= 11 is 0. The van der Waals surface area contributed by atoms with Gasteiger partial charge < -0.3 is 19.5 Å². The number of para-hydroxylation sites is 1. The minimum atomic E-state index is -0.171. The van der Waals surface area contributed by atoms with Crippen LogP contribution in [-0.4, -0.2) is 25.7 Å². The highest BCUT2D eigenvalue weighted by molar-refractivity contribution is 6.04. The Bertz CT molecular complexity index is 906. The van der Waals surface area contributed by atoms with Gasteiger partial charge in [0.15, 0.2) is 0 Å². The molecule has 156 valence electrons. The number of hydrogen-bond donors (Lipinski definition) is 1. The smallest absolute Gasteiger partial charge is 0.255 e. The van der Waals surface area contributed by atoms with E-state index in [1.165, 1.54) is 0 Å². The third kappa shape index (κ3) is 6.85. The normalized spacial score (nSPS) is 10.5. The fourth-order valence-corrected chi connectivity index (χ4v) is 2.64. The van der Waals surface area contributed by atoms with Crippen LogP contribution in [0.4, 0.5) is 5.69 Å². The lowest BCUT2D eigenvalue weighted by Gasteiger charge is -2.10. The largest absolute Gasteiger partial charge is 0.493 e. The Balaban J connectivity index is 1.43. The van der Waals surface area contributed by atoms with Gasteiger partial charge in [0.05, 0.1) is 6.61 Å². The third-order valence-electron chi connectivity index (χ3n) is 4.18. The summed E-state index contributed by atoms with van der Waals surface area (Å²) in [4.78, 5) is 12.4. The summed E-state index contributed by atoms with van der Waals surface area (Å²) in [5.74, 6) is 2.58. The van der Waals surface area contributed by atoms with Crippen LogP contribution in [0.2, 0.25) is 0 Å². The van der Waals surface area contributed by atoms with Crippen LogP contribution in [0.3, 0.4) is 0 Å². The topological polar surface area (TPSA) is 56.8 Å². The maximum absolute atomic E-state index is 12.4. The molecule has 0 aliphatic carbocycles. The molecular weight excluding hydrogens is 378 g/mol. The zero-order chi connectivity index (χ0) is 21.2. The Morgan fingerprint density at radius 2 is 1.27 bits per heavy atom. The van der Waals surface area contributed by atoms with Crippen molar-refractivity contribution < 1.29 is 19.0 Å². The molecule has 1 N–H and O–H groups in total. The molecule has 1 amide bonds. The van der Waals surface area contributed by atoms with Crippen molar-refractivity contribution in [2.45, 2.75) is 13.8 Å². The van der Waals surface area contributed by atoms with E-state index in [2.05, 4.69) is 19.2 Å². The number of hydrogen-bond acceptors (Lipinski definition) is 4. The van der Waals surface area contributed by atoms with Gasteiger partial charge in [-0.1, -0.05) is 32.0 Å². The van der Waals surface area contributed by atoms with Crippen molar-refractivity contribution >= 4 is 11.6 Å². The first-order valence-corrected chi connectivity index (χ1v) is 10.0. The molecule has 3 aromatic carbocycles. The van der Waals surface area contributed by atoms with Gasteiger partial charge >= 0.3 is 0 Å². The van der Waals surface area contributed by atoms with Gasteiger partial charge in [0.1, 0.15) is 30.5 Å². The van der Waals surface area contributed by atoms with Crippen molar-refractivity contribution in [1.82, 2.24) is 0 Å². The second-order valence-electron chi connectivity index (χ2n) is 7.22. The summed E-state index contributed by atoms with van der Waals surface area (Å²) in [6, 6.07) is 24.0. The van der Waals surface area contributed by atoms with Crippen molar-refractivity contribution in [2.24, 2.45) is 5.92 Å². The molecule has 3 rings (SSSR count). The number of benzene rings is 3. The van der Waals surface area contributed by atoms with E-state index in [1.54, 1.807) is 12.1 Å². The maximum Gasteiger partial charge on any atom is 0.255 e. The Kier molecular flexibility index (Phi) is 7.72. The Hall–Kier alpha value is -3.47. The summed E-state index contributed by atoms with van der Waals surface area (Å²) in [5, 5.41) is 2.88. The molecule has 0 unspecified atom stereocenters. The lowest BCUT2D eigenvalue weighted by atomic mass is 10.2. The molecule has 0 aromatic heterocycles. The van der Waals surface area contributed by atoms with Gasteiger partial charge in [-0.3, -0.25) is 4.79 Å². The van der Waals surface area contributed by atoms with E-state index >= 15 is 0 Å². The molecule has 0 radical (unpaired) electrons. The molecule has 0 saturated carbocycles. The first kappa shape index (κ1) is 21.2. The van der Waals surface area contributed by atoms with Gasteiger partial charge in [0.25, 0.3) is 5.91 Å². The first-order chi connectivity index (χ1) is 14.6. The second-order valence-corrected chi connectivity index (χ2v) is 7.22. The summed E-state index contributed by atoms with van der Waals surface area (Å²) in [6.45, 7) is 5.73. The molecule has 3 aromatic rings. The number of anilines is 1. The monoisotopic (exact) mass is 405 g/mol. The van der Waals surface area contributed by atoms with Gasteiger partial charge in [0, 0.05) is 11.3 Å². The van der Waals surface area contributed by atoms with Crippen molar-refractivity contribution in [3.05, 3.63) is 84.4 Å². The quantitative estimate of drug-likeness (QED) is 0.457. The van der Waals surface area contributed by atoms with Crippen LogP contribution >= 0.6 is 0 Å². The van der Waals surface area contributed by atoms with Crippen LogP contribution in [0.1, 0.15) is 24.2 Å². The predicted molar refractivity (Wildman–Crippen MR) is 119 cm³/mol. The van der Waals surface area contributed by atoms with Crippen molar-refractivity contribution in [1.29, 1.82) is 0 Å². The molecule has 5 nitrogen and oxygen atoms in total. The highest BCUT2D eigenvalue weighted by Gasteiger charge is 2.07.